The SMILES string of the molecule is CN(C)C(=O)COC(=O)c1ccc2ccccc2n1. The van der Waals surface area contributed by atoms with Crippen LogP contribution in [0.2, 0.25) is 0 Å². The van der Waals surface area contributed by atoms with E-state index in [9.17, 15) is 9.59 Å². The normalized spacial score (nSPS) is 10.2. The molecule has 5 heteroatoms. The van der Waals surface area contributed by atoms with Crippen molar-refractivity contribution in [3.05, 3.63) is 42.1 Å². The van der Waals surface area contributed by atoms with Gasteiger partial charge >= 0.3 is 5.97 Å². The van der Waals surface area contributed by atoms with Gasteiger partial charge in [-0.15, -0.1) is 0 Å². The first kappa shape index (κ1) is 13.0. The van der Waals surface area contributed by atoms with E-state index < -0.39 is 5.97 Å². The highest BCUT2D eigenvalue weighted by Crippen LogP contribution is 2.12. The summed E-state index contributed by atoms with van der Waals surface area (Å²) in [5.74, 6) is -0.866. The number of para-hydroxylation sites is 1. The van der Waals surface area contributed by atoms with Gasteiger partial charge in [-0.3, -0.25) is 4.79 Å². The van der Waals surface area contributed by atoms with Crippen LogP contribution in [0.25, 0.3) is 10.9 Å². The maximum absolute atomic E-state index is 11.8. The molecule has 0 saturated carbocycles. The molecule has 0 aliphatic carbocycles. The number of rotatable bonds is 3. The molecule has 2 aromatic rings. The minimum absolute atomic E-state index is 0.199. The van der Waals surface area contributed by atoms with Crippen molar-refractivity contribution in [3.63, 3.8) is 0 Å². The Morgan fingerprint density at radius 3 is 2.63 bits per heavy atom. The number of esters is 1. The Kier molecular flexibility index (Phi) is 3.75. The molecule has 0 radical (unpaired) electrons. The third-order valence-electron chi connectivity index (χ3n) is 2.63. The molecule has 0 atom stereocenters. The van der Waals surface area contributed by atoms with Gasteiger partial charge in [0.25, 0.3) is 5.91 Å². The molecule has 5 nitrogen and oxygen atoms in total. The fraction of sp³-hybridized carbons (Fsp3) is 0.214. The van der Waals surface area contributed by atoms with Gasteiger partial charge in [-0.05, 0) is 12.1 Å². The molecule has 2 rings (SSSR count). The van der Waals surface area contributed by atoms with Crippen molar-refractivity contribution in [2.45, 2.75) is 0 Å². The first-order chi connectivity index (χ1) is 9.08. The monoisotopic (exact) mass is 258 g/mol. The van der Waals surface area contributed by atoms with Crippen LogP contribution in [0.5, 0.6) is 0 Å². The molecule has 1 heterocycles. The van der Waals surface area contributed by atoms with Crippen LogP contribution >= 0.6 is 0 Å². The standard InChI is InChI=1S/C14H14N2O3/c1-16(2)13(17)9-19-14(18)12-8-7-10-5-3-4-6-11(10)15-12/h3-8H,9H2,1-2H3. The number of hydrogen-bond acceptors (Lipinski definition) is 4. The van der Waals surface area contributed by atoms with E-state index in [0.29, 0.717) is 0 Å². The highest BCUT2D eigenvalue weighted by atomic mass is 16.5. The zero-order valence-electron chi connectivity index (χ0n) is 10.8. The van der Waals surface area contributed by atoms with E-state index >= 15 is 0 Å². The van der Waals surface area contributed by atoms with Crippen molar-refractivity contribution >= 4 is 22.8 Å². The maximum Gasteiger partial charge on any atom is 0.357 e. The van der Waals surface area contributed by atoms with Crippen molar-refractivity contribution in [2.75, 3.05) is 20.7 Å². The number of pyridine rings is 1. The minimum atomic E-state index is -0.596. The first-order valence-corrected chi connectivity index (χ1v) is 5.81. The van der Waals surface area contributed by atoms with E-state index in [1.54, 1.807) is 26.2 Å². The van der Waals surface area contributed by atoms with Gasteiger partial charge in [0, 0.05) is 19.5 Å². The Morgan fingerprint density at radius 1 is 1.16 bits per heavy atom. The zero-order valence-corrected chi connectivity index (χ0v) is 10.8. The van der Waals surface area contributed by atoms with E-state index in [2.05, 4.69) is 4.98 Å². The predicted octanol–water partition coefficient (Wildman–Crippen LogP) is 1.48. The summed E-state index contributed by atoms with van der Waals surface area (Å²) in [6.45, 7) is -0.277. The molecule has 0 aliphatic rings. The number of benzene rings is 1. The average Bonchev–Trinajstić information content (AvgIpc) is 2.43. The van der Waals surface area contributed by atoms with Crippen molar-refractivity contribution < 1.29 is 14.3 Å². The van der Waals surface area contributed by atoms with Crippen LogP contribution in [0.4, 0.5) is 0 Å². The summed E-state index contributed by atoms with van der Waals surface area (Å²) in [6.07, 6.45) is 0. The molecule has 0 aliphatic heterocycles. The third-order valence-corrected chi connectivity index (χ3v) is 2.63. The van der Waals surface area contributed by atoms with Gasteiger partial charge in [0.1, 0.15) is 5.69 Å². The molecule has 0 unspecified atom stereocenters. The number of fused-ring (bicyclic) bond motifs is 1. The molecule has 0 spiro atoms. The van der Waals surface area contributed by atoms with E-state index in [-0.39, 0.29) is 18.2 Å². The highest BCUT2D eigenvalue weighted by Gasteiger charge is 2.12. The van der Waals surface area contributed by atoms with E-state index in [1.165, 1.54) is 4.90 Å². The zero-order chi connectivity index (χ0) is 13.8. The van der Waals surface area contributed by atoms with Crippen molar-refractivity contribution in [1.29, 1.82) is 0 Å². The second-order valence-corrected chi connectivity index (χ2v) is 4.25. The van der Waals surface area contributed by atoms with Crippen molar-refractivity contribution in [1.82, 2.24) is 9.88 Å². The number of amides is 1. The molecule has 0 fully saturated rings. The number of aromatic nitrogens is 1. The summed E-state index contributed by atoms with van der Waals surface area (Å²) in [4.78, 5) is 28.6. The summed E-state index contributed by atoms with van der Waals surface area (Å²) in [7, 11) is 3.20. The summed E-state index contributed by atoms with van der Waals surface area (Å²) < 4.78 is 4.91. The fourth-order valence-corrected chi connectivity index (χ4v) is 1.51. The van der Waals surface area contributed by atoms with Crippen LogP contribution in [-0.2, 0) is 9.53 Å². The number of nitrogens with zero attached hydrogens (tertiary/aromatic N) is 2. The Hall–Kier alpha value is -2.43. The summed E-state index contributed by atoms with van der Waals surface area (Å²) in [6, 6.07) is 10.9. The largest absolute Gasteiger partial charge is 0.451 e. The van der Waals surface area contributed by atoms with Crippen LogP contribution in [0.15, 0.2) is 36.4 Å². The van der Waals surface area contributed by atoms with Gasteiger partial charge in [0.15, 0.2) is 6.61 Å². The molecule has 1 aromatic heterocycles. The molecular weight excluding hydrogens is 244 g/mol. The van der Waals surface area contributed by atoms with Crippen LogP contribution in [0.3, 0.4) is 0 Å². The second-order valence-electron chi connectivity index (χ2n) is 4.25. The number of carbonyl (C=O) groups excluding carboxylic acids is 2. The van der Waals surface area contributed by atoms with E-state index in [4.69, 9.17) is 4.74 Å². The molecule has 98 valence electrons. The van der Waals surface area contributed by atoms with Gasteiger partial charge < -0.3 is 9.64 Å². The third kappa shape index (κ3) is 3.07. The Morgan fingerprint density at radius 2 is 1.89 bits per heavy atom. The molecule has 0 bridgehead atoms. The van der Waals surface area contributed by atoms with Crippen LogP contribution in [-0.4, -0.2) is 42.5 Å². The van der Waals surface area contributed by atoms with Crippen LogP contribution in [0, 0.1) is 0 Å². The van der Waals surface area contributed by atoms with Gasteiger partial charge in [0.2, 0.25) is 0 Å². The average molecular weight is 258 g/mol. The highest BCUT2D eigenvalue weighted by molar-refractivity contribution is 5.92. The van der Waals surface area contributed by atoms with Crippen molar-refractivity contribution in [3.8, 4) is 0 Å². The molecule has 0 saturated heterocycles. The van der Waals surface area contributed by atoms with Crippen LogP contribution in [0.1, 0.15) is 10.5 Å². The number of hydrogen-bond donors (Lipinski definition) is 0. The van der Waals surface area contributed by atoms with Crippen LogP contribution < -0.4 is 0 Å². The summed E-state index contributed by atoms with van der Waals surface area (Å²) >= 11 is 0. The summed E-state index contributed by atoms with van der Waals surface area (Å²) in [5, 5.41) is 0.948. The smallest absolute Gasteiger partial charge is 0.357 e. The molecule has 1 amide bonds. The lowest BCUT2D eigenvalue weighted by molar-refractivity contribution is -0.131. The number of likely N-dealkylation sites (N-methyl/N-ethyl adjacent to an activating group) is 1. The Bertz CT molecular complexity index is 623. The second kappa shape index (κ2) is 5.48. The number of ether oxygens (including phenoxy) is 1. The first-order valence-electron chi connectivity index (χ1n) is 5.81. The molecule has 0 N–H and O–H groups in total. The van der Waals surface area contributed by atoms with Gasteiger partial charge in [-0.1, -0.05) is 24.3 Å². The molecular formula is C14H14N2O3. The van der Waals surface area contributed by atoms with Gasteiger partial charge in [-0.25, -0.2) is 9.78 Å². The lowest BCUT2D eigenvalue weighted by Gasteiger charge is -2.10. The minimum Gasteiger partial charge on any atom is -0.451 e. The predicted molar refractivity (Wildman–Crippen MR) is 70.7 cm³/mol. The maximum atomic E-state index is 11.8. The topological polar surface area (TPSA) is 59.5 Å². The quantitative estimate of drug-likeness (QED) is 0.782. The van der Waals surface area contributed by atoms with E-state index in [1.807, 2.05) is 24.3 Å². The van der Waals surface area contributed by atoms with Crippen molar-refractivity contribution in [2.24, 2.45) is 0 Å². The summed E-state index contributed by atoms with van der Waals surface area (Å²) in [5.41, 5.74) is 0.918. The lowest BCUT2D eigenvalue weighted by atomic mass is 10.2. The Balaban J connectivity index is 2.11. The number of carbonyl (C=O) groups is 2. The fourth-order valence-electron chi connectivity index (χ4n) is 1.51. The molecule has 1 aromatic carbocycles. The lowest BCUT2D eigenvalue weighted by Crippen LogP contribution is -2.27. The molecule has 19 heavy (non-hydrogen) atoms. The van der Waals surface area contributed by atoms with Gasteiger partial charge in [0.05, 0.1) is 5.52 Å². The van der Waals surface area contributed by atoms with Gasteiger partial charge in [-0.2, -0.15) is 0 Å². The van der Waals surface area contributed by atoms with E-state index in [0.717, 1.165) is 10.9 Å². The Labute approximate surface area is 110 Å².